The van der Waals surface area contributed by atoms with Crippen molar-refractivity contribution in [3.05, 3.63) is 82.2 Å². The highest BCUT2D eigenvalue weighted by Crippen LogP contribution is 2.46. The van der Waals surface area contributed by atoms with Crippen LogP contribution in [0.3, 0.4) is 0 Å². The van der Waals surface area contributed by atoms with Crippen molar-refractivity contribution >= 4 is 48.1 Å². The number of aromatic nitrogens is 1. The minimum absolute atomic E-state index is 0.0969. The predicted molar refractivity (Wildman–Crippen MR) is 145 cm³/mol. The number of nitrogens with zero attached hydrogens (tertiary/aromatic N) is 1. The molecule has 2 atom stereocenters. The molecule has 7 nitrogen and oxygen atoms in total. The summed E-state index contributed by atoms with van der Waals surface area (Å²) in [7, 11) is 0.578. The number of methoxy groups -OCH3 is 1. The number of halogens is 2. The van der Waals surface area contributed by atoms with Crippen LogP contribution in [0.4, 0.5) is 0 Å². The third-order valence-corrected chi connectivity index (χ3v) is 8.11. The van der Waals surface area contributed by atoms with E-state index in [9.17, 15) is 9.59 Å². The Morgan fingerprint density at radius 1 is 1.22 bits per heavy atom. The molecule has 10 heteroatoms. The first-order chi connectivity index (χ1) is 17.5. The Morgan fingerprint density at radius 3 is 2.51 bits per heavy atom. The van der Waals surface area contributed by atoms with Gasteiger partial charge in [-0.2, -0.15) is 0 Å². The van der Waals surface area contributed by atoms with Crippen LogP contribution in [0.1, 0.15) is 59.7 Å². The standard InChI is InChI=1S/C27H29BCl2N2O5/c1-25(2)26(3,4)37-28(36-25)27(12-8-10-20(23(27)30)19-9-6-7-11-21(19)29)32-24(34)22-13-17(16-35-5)18(15-33)14-31-22/h6-15,23H,16H2,1-5H3,(H,32,34). The summed E-state index contributed by atoms with van der Waals surface area (Å²) in [6.07, 6.45) is 7.47. The van der Waals surface area contributed by atoms with Crippen LogP contribution in [0, 0.1) is 0 Å². The lowest BCUT2D eigenvalue weighted by molar-refractivity contribution is 0.00578. The van der Waals surface area contributed by atoms with Crippen LogP contribution in [-0.4, -0.2) is 53.4 Å². The van der Waals surface area contributed by atoms with E-state index in [1.54, 1.807) is 12.1 Å². The van der Waals surface area contributed by atoms with Gasteiger partial charge in [-0.3, -0.25) is 14.6 Å². The van der Waals surface area contributed by atoms with Gasteiger partial charge in [-0.1, -0.05) is 48.0 Å². The summed E-state index contributed by atoms with van der Waals surface area (Å²) < 4.78 is 18.0. The van der Waals surface area contributed by atoms with Gasteiger partial charge >= 0.3 is 7.12 Å². The SMILES string of the molecule is COCc1cc(C(=O)NC2(B3OC(C)(C)C(C)(C)O3)C=CC=C(c3ccccc3Cl)C2Cl)ncc1C=O. The lowest BCUT2D eigenvalue weighted by Crippen LogP contribution is -2.65. The maximum Gasteiger partial charge on any atom is 0.491 e. The van der Waals surface area contributed by atoms with E-state index in [4.69, 9.17) is 37.2 Å². The number of rotatable bonds is 7. The molecule has 37 heavy (non-hydrogen) atoms. The Morgan fingerprint density at radius 2 is 1.89 bits per heavy atom. The second-order valence-electron chi connectivity index (χ2n) is 10.1. The van der Waals surface area contributed by atoms with Crippen molar-refractivity contribution in [2.75, 3.05) is 7.11 Å². The Balaban J connectivity index is 1.78. The molecule has 4 rings (SSSR count). The summed E-state index contributed by atoms with van der Waals surface area (Å²) in [5.41, 5.74) is -0.258. The van der Waals surface area contributed by atoms with Crippen LogP contribution < -0.4 is 5.32 Å². The molecule has 2 unspecified atom stereocenters. The number of amides is 1. The van der Waals surface area contributed by atoms with Crippen LogP contribution in [0.25, 0.3) is 5.57 Å². The molecule has 2 aliphatic rings. The number of aldehydes is 1. The van der Waals surface area contributed by atoms with Crippen molar-refractivity contribution in [3.8, 4) is 0 Å². The highest BCUT2D eigenvalue weighted by atomic mass is 35.5. The quantitative estimate of drug-likeness (QED) is 0.299. The molecule has 1 N–H and O–H groups in total. The number of nitrogens with one attached hydrogen (secondary N) is 1. The van der Waals surface area contributed by atoms with E-state index in [0.29, 0.717) is 28.0 Å². The van der Waals surface area contributed by atoms with Crippen molar-refractivity contribution < 1.29 is 23.6 Å². The molecule has 2 aromatic rings. The van der Waals surface area contributed by atoms with E-state index < -0.39 is 35.0 Å². The molecule has 1 saturated heterocycles. The molecular formula is C27H29BCl2N2O5. The predicted octanol–water partition coefficient (Wildman–Crippen LogP) is 5.05. The number of ether oxygens (including phenoxy) is 1. The van der Waals surface area contributed by atoms with Gasteiger partial charge in [0.25, 0.3) is 5.91 Å². The lowest BCUT2D eigenvalue weighted by Gasteiger charge is -2.40. The number of hydrogen-bond donors (Lipinski definition) is 1. The molecule has 0 radical (unpaired) electrons. The monoisotopic (exact) mass is 542 g/mol. The van der Waals surface area contributed by atoms with Gasteiger partial charge in [0.2, 0.25) is 0 Å². The zero-order chi connectivity index (χ0) is 27.0. The largest absolute Gasteiger partial charge is 0.491 e. The molecule has 0 spiro atoms. The van der Waals surface area contributed by atoms with Gasteiger partial charge in [0.15, 0.2) is 6.29 Å². The van der Waals surface area contributed by atoms with Gasteiger partial charge in [-0.05, 0) is 56.5 Å². The number of allylic oxidation sites excluding steroid dienone is 2. The Kier molecular flexibility index (Phi) is 7.70. The second kappa shape index (κ2) is 10.3. The van der Waals surface area contributed by atoms with Crippen molar-refractivity contribution in [1.29, 1.82) is 0 Å². The van der Waals surface area contributed by atoms with Crippen LogP contribution in [-0.2, 0) is 20.7 Å². The fourth-order valence-electron chi connectivity index (χ4n) is 4.34. The fourth-order valence-corrected chi connectivity index (χ4v) is 5.00. The first kappa shape index (κ1) is 27.5. The van der Waals surface area contributed by atoms with E-state index >= 15 is 0 Å². The Labute approximate surface area is 227 Å². The highest BCUT2D eigenvalue weighted by Gasteiger charge is 2.63. The Bertz CT molecular complexity index is 1260. The van der Waals surface area contributed by atoms with E-state index in [2.05, 4.69) is 10.3 Å². The van der Waals surface area contributed by atoms with E-state index in [1.165, 1.54) is 19.4 Å². The normalized spacial score (nSPS) is 24.0. The number of carbonyl (C=O) groups is 2. The third-order valence-electron chi connectivity index (χ3n) is 7.18. The molecule has 0 saturated carbocycles. The average molecular weight is 543 g/mol. The Hall–Kier alpha value is -2.49. The summed E-state index contributed by atoms with van der Waals surface area (Å²) in [6.45, 7) is 7.87. The van der Waals surface area contributed by atoms with Gasteiger partial charge in [0.1, 0.15) is 11.1 Å². The molecule has 2 heterocycles. The van der Waals surface area contributed by atoms with Gasteiger partial charge in [-0.15, -0.1) is 11.6 Å². The molecule has 1 aliphatic carbocycles. The van der Waals surface area contributed by atoms with Crippen LogP contribution in [0.15, 0.2) is 54.8 Å². The minimum Gasteiger partial charge on any atom is -0.401 e. The average Bonchev–Trinajstić information content (AvgIpc) is 3.08. The molecular weight excluding hydrogens is 514 g/mol. The van der Waals surface area contributed by atoms with Crippen molar-refractivity contribution in [1.82, 2.24) is 10.3 Å². The number of carbonyl (C=O) groups excluding carboxylic acids is 2. The summed E-state index contributed by atoms with van der Waals surface area (Å²) in [4.78, 5) is 29.3. The van der Waals surface area contributed by atoms with Crippen molar-refractivity contribution in [2.24, 2.45) is 0 Å². The summed E-state index contributed by atoms with van der Waals surface area (Å²) in [5.74, 6) is -0.514. The highest BCUT2D eigenvalue weighted by molar-refractivity contribution is 6.55. The number of hydrogen-bond acceptors (Lipinski definition) is 6. The first-order valence-corrected chi connectivity index (χ1v) is 12.7. The molecule has 1 fully saturated rings. The van der Waals surface area contributed by atoms with Crippen LogP contribution in [0.2, 0.25) is 5.02 Å². The van der Waals surface area contributed by atoms with Gasteiger partial charge in [0.05, 0.1) is 23.2 Å². The van der Waals surface area contributed by atoms with E-state index in [0.717, 1.165) is 5.56 Å². The van der Waals surface area contributed by atoms with Crippen LogP contribution >= 0.6 is 23.2 Å². The zero-order valence-corrected chi connectivity index (χ0v) is 22.9. The van der Waals surface area contributed by atoms with Gasteiger partial charge in [-0.25, -0.2) is 0 Å². The second-order valence-corrected chi connectivity index (χ2v) is 11.0. The molecule has 1 amide bonds. The number of alkyl halides is 1. The van der Waals surface area contributed by atoms with Crippen LogP contribution in [0.5, 0.6) is 0 Å². The zero-order valence-electron chi connectivity index (χ0n) is 21.4. The fraction of sp³-hybridized carbons (Fsp3) is 0.370. The molecule has 194 valence electrons. The summed E-state index contributed by atoms with van der Waals surface area (Å²) in [6, 6.07) is 8.89. The molecule has 0 bridgehead atoms. The van der Waals surface area contributed by atoms with E-state index in [1.807, 2.05) is 58.0 Å². The molecule has 1 aliphatic heterocycles. The first-order valence-electron chi connectivity index (χ1n) is 11.9. The summed E-state index contributed by atoms with van der Waals surface area (Å²) in [5, 5.41) is 2.77. The third kappa shape index (κ3) is 5.01. The van der Waals surface area contributed by atoms with Gasteiger partial charge < -0.3 is 19.4 Å². The van der Waals surface area contributed by atoms with Crippen molar-refractivity contribution in [2.45, 2.75) is 56.3 Å². The minimum atomic E-state index is -1.32. The van der Waals surface area contributed by atoms with Gasteiger partial charge in [0, 0.05) is 23.9 Å². The lowest BCUT2D eigenvalue weighted by atomic mass is 9.58. The number of benzene rings is 1. The van der Waals surface area contributed by atoms with E-state index in [-0.39, 0.29) is 12.3 Å². The number of pyridine rings is 1. The smallest absolute Gasteiger partial charge is 0.401 e. The molecule has 1 aromatic carbocycles. The topological polar surface area (TPSA) is 86.8 Å². The van der Waals surface area contributed by atoms with Crippen molar-refractivity contribution in [3.63, 3.8) is 0 Å². The summed E-state index contributed by atoms with van der Waals surface area (Å²) >= 11 is 13.7. The maximum absolute atomic E-state index is 13.7. The maximum atomic E-state index is 13.7. The molecule has 1 aromatic heterocycles.